The topological polar surface area (TPSA) is 78.5 Å². The third-order valence-electron chi connectivity index (χ3n) is 3.77. The van der Waals surface area contributed by atoms with Gasteiger partial charge in [0, 0.05) is 18.2 Å². The number of benzene rings is 1. The molecule has 0 aliphatic carbocycles. The van der Waals surface area contributed by atoms with Crippen LogP contribution in [0.4, 0.5) is 5.69 Å². The highest BCUT2D eigenvalue weighted by molar-refractivity contribution is 5.96. The van der Waals surface area contributed by atoms with Gasteiger partial charge < -0.3 is 15.5 Å². The van der Waals surface area contributed by atoms with Gasteiger partial charge in [-0.15, -0.1) is 0 Å². The maximum Gasteiger partial charge on any atom is 0.243 e. The van der Waals surface area contributed by atoms with Crippen molar-refractivity contribution >= 4 is 23.4 Å². The van der Waals surface area contributed by atoms with E-state index in [1.165, 1.54) is 11.9 Å². The molecule has 0 unspecified atom stereocenters. The fraction of sp³-hybridized carbons (Fsp3) is 0.500. The lowest BCUT2D eigenvalue weighted by atomic mass is 9.96. The minimum atomic E-state index is -0.557. The Labute approximate surface area is 143 Å². The van der Waals surface area contributed by atoms with Crippen LogP contribution >= 0.6 is 0 Å². The summed E-state index contributed by atoms with van der Waals surface area (Å²) in [6, 6.07) is 5.67. The lowest BCUT2D eigenvalue weighted by Gasteiger charge is -2.20. The molecule has 0 aliphatic heterocycles. The maximum absolute atomic E-state index is 12.1. The summed E-state index contributed by atoms with van der Waals surface area (Å²) in [6.07, 6.45) is 0. The molecule has 0 saturated heterocycles. The molecule has 6 nitrogen and oxygen atoms in total. The Morgan fingerprint density at radius 1 is 1.12 bits per heavy atom. The van der Waals surface area contributed by atoms with Crippen molar-refractivity contribution in [3.63, 3.8) is 0 Å². The van der Waals surface area contributed by atoms with Crippen molar-refractivity contribution in [2.45, 2.75) is 34.6 Å². The van der Waals surface area contributed by atoms with Crippen LogP contribution in [0.5, 0.6) is 0 Å². The van der Waals surface area contributed by atoms with E-state index in [0.717, 1.165) is 16.8 Å². The number of hydrogen-bond acceptors (Lipinski definition) is 3. The summed E-state index contributed by atoms with van der Waals surface area (Å²) in [4.78, 5) is 37.2. The Bertz CT molecular complexity index is 633. The van der Waals surface area contributed by atoms with Gasteiger partial charge in [-0.25, -0.2) is 0 Å². The van der Waals surface area contributed by atoms with Crippen LogP contribution in [0.1, 0.15) is 31.9 Å². The zero-order chi connectivity index (χ0) is 18.5. The zero-order valence-corrected chi connectivity index (χ0v) is 15.3. The predicted molar refractivity (Wildman–Crippen MR) is 94.6 cm³/mol. The number of nitrogens with one attached hydrogen (secondary N) is 2. The number of anilines is 1. The standard InChI is InChI=1S/C18H27N3O3/c1-12-8-7-9-14(13(12)2)20-15(22)11-21(6)16(23)10-19-17(24)18(3,4)5/h7-9H,10-11H2,1-6H3,(H,19,24)(H,20,22). The summed E-state index contributed by atoms with van der Waals surface area (Å²) in [6.45, 7) is 9.03. The second kappa shape index (κ2) is 7.95. The quantitative estimate of drug-likeness (QED) is 0.863. The van der Waals surface area contributed by atoms with Crippen LogP contribution in [0.25, 0.3) is 0 Å². The normalized spacial score (nSPS) is 10.9. The molecule has 0 aromatic heterocycles. The van der Waals surface area contributed by atoms with Gasteiger partial charge in [-0.3, -0.25) is 14.4 Å². The van der Waals surface area contributed by atoms with Crippen LogP contribution in [0.2, 0.25) is 0 Å². The van der Waals surface area contributed by atoms with E-state index in [1.807, 2.05) is 32.0 Å². The molecule has 0 saturated carbocycles. The minimum Gasteiger partial charge on any atom is -0.347 e. The highest BCUT2D eigenvalue weighted by atomic mass is 16.2. The first kappa shape index (κ1) is 19.7. The molecular formula is C18H27N3O3. The largest absolute Gasteiger partial charge is 0.347 e. The van der Waals surface area contributed by atoms with Crippen LogP contribution in [-0.2, 0) is 14.4 Å². The van der Waals surface area contributed by atoms with Gasteiger partial charge in [0.15, 0.2) is 0 Å². The molecule has 1 rings (SSSR count). The molecule has 1 aromatic carbocycles. The Balaban J connectivity index is 2.53. The molecule has 132 valence electrons. The van der Waals surface area contributed by atoms with Crippen molar-refractivity contribution in [2.75, 3.05) is 25.5 Å². The molecule has 0 aliphatic rings. The first-order chi connectivity index (χ1) is 11.0. The zero-order valence-electron chi connectivity index (χ0n) is 15.3. The van der Waals surface area contributed by atoms with Crippen molar-refractivity contribution in [3.8, 4) is 0 Å². The average Bonchev–Trinajstić information content (AvgIpc) is 2.47. The molecule has 24 heavy (non-hydrogen) atoms. The molecule has 0 spiro atoms. The number of carbonyl (C=O) groups is 3. The number of amides is 3. The fourth-order valence-electron chi connectivity index (χ4n) is 1.94. The molecule has 0 radical (unpaired) electrons. The summed E-state index contributed by atoms with van der Waals surface area (Å²) >= 11 is 0. The van der Waals surface area contributed by atoms with Gasteiger partial charge in [-0.05, 0) is 31.0 Å². The third kappa shape index (κ3) is 5.68. The molecule has 0 heterocycles. The number of hydrogen-bond donors (Lipinski definition) is 2. The minimum absolute atomic E-state index is 0.0718. The number of likely N-dealkylation sites (N-methyl/N-ethyl adjacent to an activating group) is 1. The molecule has 0 atom stereocenters. The molecule has 0 bridgehead atoms. The van der Waals surface area contributed by atoms with Crippen LogP contribution < -0.4 is 10.6 Å². The summed E-state index contributed by atoms with van der Waals surface area (Å²) in [5.41, 5.74) is 2.26. The molecule has 0 fully saturated rings. The smallest absolute Gasteiger partial charge is 0.243 e. The predicted octanol–water partition coefficient (Wildman–Crippen LogP) is 1.86. The van der Waals surface area contributed by atoms with E-state index in [9.17, 15) is 14.4 Å². The van der Waals surface area contributed by atoms with Crippen LogP contribution in [0, 0.1) is 19.3 Å². The molecule has 6 heteroatoms. The van der Waals surface area contributed by atoms with E-state index >= 15 is 0 Å². The number of aryl methyl sites for hydroxylation is 1. The van der Waals surface area contributed by atoms with E-state index in [4.69, 9.17) is 0 Å². The van der Waals surface area contributed by atoms with Gasteiger partial charge in [0.1, 0.15) is 0 Å². The Hall–Kier alpha value is -2.37. The van der Waals surface area contributed by atoms with Crippen LogP contribution in [-0.4, -0.2) is 42.8 Å². The van der Waals surface area contributed by atoms with E-state index in [-0.39, 0.29) is 30.8 Å². The molecule has 3 amide bonds. The van der Waals surface area contributed by atoms with Crippen LogP contribution in [0.3, 0.4) is 0 Å². The summed E-state index contributed by atoms with van der Waals surface area (Å²) in [7, 11) is 1.54. The molecular weight excluding hydrogens is 306 g/mol. The van der Waals surface area contributed by atoms with Crippen molar-refractivity contribution in [2.24, 2.45) is 5.41 Å². The second-order valence-corrected chi connectivity index (χ2v) is 6.98. The van der Waals surface area contributed by atoms with Gasteiger partial charge in [0.2, 0.25) is 17.7 Å². The van der Waals surface area contributed by atoms with Gasteiger partial charge in [0.25, 0.3) is 0 Å². The van der Waals surface area contributed by atoms with Crippen molar-refractivity contribution < 1.29 is 14.4 Å². The van der Waals surface area contributed by atoms with Crippen molar-refractivity contribution in [1.29, 1.82) is 0 Å². The Kier molecular flexibility index (Phi) is 6.51. The summed E-state index contributed by atoms with van der Waals surface area (Å²) in [5, 5.41) is 5.39. The molecule has 1 aromatic rings. The van der Waals surface area contributed by atoms with E-state index in [2.05, 4.69) is 10.6 Å². The van der Waals surface area contributed by atoms with Gasteiger partial charge in [-0.1, -0.05) is 32.9 Å². The van der Waals surface area contributed by atoms with E-state index in [0.29, 0.717) is 0 Å². The van der Waals surface area contributed by atoms with Crippen molar-refractivity contribution in [1.82, 2.24) is 10.2 Å². The van der Waals surface area contributed by atoms with Crippen LogP contribution in [0.15, 0.2) is 18.2 Å². The highest BCUT2D eigenvalue weighted by Crippen LogP contribution is 2.17. The summed E-state index contributed by atoms with van der Waals surface area (Å²) in [5.74, 6) is -0.797. The lowest BCUT2D eigenvalue weighted by molar-refractivity contribution is -0.135. The van der Waals surface area contributed by atoms with Gasteiger partial charge in [-0.2, -0.15) is 0 Å². The third-order valence-corrected chi connectivity index (χ3v) is 3.77. The van der Waals surface area contributed by atoms with E-state index in [1.54, 1.807) is 20.8 Å². The maximum atomic E-state index is 12.1. The lowest BCUT2D eigenvalue weighted by Crippen LogP contribution is -2.44. The fourth-order valence-corrected chi connectivity index (χ4v) is 1.94. The number of carbonyl (C=O) groups excluding carboxylic acids is 3. The second-order valence-electron chi connectivity index (χ2n) is 6.98. The first-order valence-electron chi connectivity index (χ1n) is 7.90. The van der Waals surface area contributed by atoms with Gasteiger partial charge in [0.05, 0.1) is 13.1 Å². The monoisotopic (exact) mass is 333 g/mol. The number of rotatable bonds is 5. The number of nitrogens with zero attached hydrogens (tertiary/aromatic N) is 1. The van der Waals surface area contributed by atoms with Gasteiger partial charge >= 0.3 is 0 Å². The highest BCUT2D eigenvalue weighted by Gasteiger charge is 2.22. The Morgan fingerprint density at radius 2 is 1.75 bits per heavy atom. The Morgan fingerprint density at radius 3 is 2.33 bits per heavy atom. The first-order valence-corrected chi connectivity index (χ1v) is 7.90. The molecule has 2 N–H and O–H groups in total. The SMILES string of the molecule is Cc1cccc(NC(=O)CN(C)C(=O)CNC(=O)C(C)(C)C)c1C. The summed E-state index contributed by atoms with van der Waals surface area (Å²) < 4.78 is 0. The van der Waals surface area contributed by atoms with E-state index < -0.39 is 5.41 Å². The average molecular weight is 333 g/mol. The van der Waals surface area contributed by atoms with Crippen molar-refractivity contribution in [3.05, 3.63) is 29.3 Å².